The largest absolute Gasteiger partial charge is 0.298 e. The van der Waals surface area contributed by atoms with E-state index in [-0.39, 0.29) is 0 Å². The maximum Gasteiger partial charge on any atom is 0.206 e. The van der Waals surface area contributed by atoms with E-state index in [0.29, 0.717) is 5.82 Å². The van der Waals surface area contributed by atoms with Gasteiger partial charge in [0.05, 0.1) is 5.69 Å². The fourth-order valence-corrected chi connectivity index (χ4v) is 1.20. The van der Waals surface area contributed by atoms with Crippen molar-refractivity contribution < 1.29 is 0 Å². The van der Waals surface area contributed by atoms with E-state index in [1.807, 2.05) is 24.3 Å². The molecule has 0 atom stereocenters. The zero-order valence-electron chi connectivity index (χ0n) is 6.53. The molecule has 2 aromatic rings. The van der Waals surface area contributed by atoms with Crippen LogP contribution >= 0.6 is 11.8 Å². The number of anilines is 1. The minimum atomic E-state index is 0.517. The third kappa shape index (κ3) is 1.46. The van der Waals surface area contributed by atoms with Crippen LogP contribution in [0.1, 0.15) is 0 Å². The van der Waals surface area contributed by atoms with Gasteiger partial charge >= 0.3 is 0 Å². The van der Waals surface area contributed by atoms with Crippen LogP contribution in [0.4, 0.5) is 5.69 Å². The third-order valence-corrected chi connectivity index (χ3v) is 1.82. The van der Waals surface area contributed by atoms with Gasteiger partial charge in [-0.1, -0.05) is 12.1 Å². The van der Waals surface area contributed by atoms with Gasteiger partial charge in [-0.05, 0) is 17.3 Å². The molecule has 13 heavy (non-hydrogen) atoms. The average molecular weight is 196 g/mol. The van der Waals surface area contributed by atoms with Crippen LogP contribution in [-0.2, 0) is 0 Å². The van der Waals surface area contributed by atoms with Gasteiger partial charge in [-0.25, -0.2) is 0 Å². The average Bonchev–Trinajstić information content (AvgIpc) is 2.70. The monoisotopic (exact) mass is 195 g/mol. The predicted molar refractivity (Wildman–Crippen MR) is 49.1 cm³/mol. The Balaban J connectivity index is 2.51. The van der Waals surface area contributed by atoms with Gasteiger partial charge in [0.25, 0.3) is 0 Å². The van der Waals surface area contributed by atoms with Gasteiger partial charge in [-0.3, -0.25) is 4.84 Å². The summed E-state index contributed by atoms with van der Waals surface area (Å²) in [5, 5.41) is 13.5. The fourth-order valence-electron chi connectivity index (χ4n) is 1.04. The number of nitrogens with one attached hydrogen (secondary N) is 2. The molecule has 1 heterocycles. The second-order valence-electron chi connectivity index (χ2n) is 2.38. The summed E-state index contributed by atoms with van der Waals surface area (Å²) < 4.78 is 0. The molecule has 0 amide bonds. The number of aromatic amines is 1. The van der Waals surface area contributed by atoms with Crippen molar-refractivity contribution in [3.63, 3.8) is 0 Å². The maximum absolute atomic E-state index is 5.51. The van der Waals surface area contributed by atoms with Crippen LogP contribution in [0.3, 0.4) is 0 Å². The fraction of sp³-hybridized carbons (Fsp3) is 0. The molecule has 1 aromatic heterocycles. The summed E-state index contributed by atoms with van der Waals surface area (Å²) in [5.41, 5.74) is 1.57. The first-order valence-electron chi connectivity index (χ1n) is 3.61. The van der Waals surface area contributed by atoms with Gasteiger partial charge < -0.3 is 0 Å². The topological polar surface area (TPSA) is 66.5 Å². The van der Waals surface area contributed by atoms with Crippen molar-refractivity contribution in [2.75, 3.05) is 4.84 Å². The molecule has 1 aromatic carbocycles. The van der Waals surface area contributed by atoms with E-state index in [9.17, 15) is 0 Å². The van der Waals surface area contributed by atoms with E-state index in [0.717, 1.165) is 11.3 Å². The molecule has 66 valence electrons. The molecule has 5 nitrogen and oxygen atoms in total. The standard InChI is InChI=1S/C7H6ClN5/c8-9-6-4-2-1-3-5(6)7-10-12-13-11-7/h1-4,9H,(H,10,11,12,13). The maximum atomic E-state index is 5.51. The lowest BCUT2D eigenvalue weighted by Gasteiger charge is -2.01. The summed E-state index contributed by atoms with van der Waals surface area (Å²) in [7, 11) is 0. The summed E-state index contributed by atoms with van der Waals surface area (Å²) in [6.07, 6.45) is 0. The Kier molecular flexibility index (Phi) is 2.09. The first-order valence-corrected chi connectivity index (χ1v) is 3.99. The Morgan fingerprint density at radius 1 is 1.31 bits per heavy atom. The van der Waals surface area contributed by atoms with E-state index in [1.54, 1.807) is 0 Å². The van der Waals surface area contributed by atoms with Crippen LogP contribution < -0.4 is 4.84 Å². The Hall–Kier alpha value is -1.62. The highest BCUT2D eigenvalue weighted by Gasteiger charge is 2.06. The normalized spacial score (nSPS) is 9.92. The number of rotatable bonds is 2. The first kappa shape index (κ1) is 8.00. The highest BCUT2D eigenvalue weighted by molar-refractivity contribution is 6.24. The molecule has 2 rings (SSSR count). The zero-order valence-corrected chi connectivity index (χ0v) is 7.28. The van der Waals surface area contributed by atoms with Gasteiger partial charge in [0.2, 0.25) is 5.82 Å². The number of H-pyrrole nitrogens is 1. The molecule has 0 aliphatic carbocycles. The SMILES string of the molecule is ClNc1ccccc1-c1nn[nH]n1. The molecule has 0 saturated heterocycles. The molecule has 0 unspecified atom stereocenters. The molecule has 0 fully saturated rings. The molecule has 0 spiro atoms. The van der Waals surface area contributed by atoms with Crippen molar-refractivity contribution >= 4 is 17.5 Å². The van der Waals surface area contributed by atoms with Crippen LogP contribution in [0, 0.1) is 0 Å². The number of benzene rings is 1. The molecule has 0 aliphatic rings. The van der Waals surface area contributed by atoms with E-state index in [1.165, 1.54) is 0 Å². The lowest BCUT2D eigenvalue weighted by Crippen LogP contribution is -1.87. The smallest absolute Gasteiger partial charge is 0.206 e. The van der Waals surface area contributed by atoms with Crippen molar-refractivity contribution in [3.05, 3.63) is 24.3 Å². The molecule has 2 N–H and O–H groups in total. The number of aromatic nitrogens is 4. The van der Waals surface area contributed by atoms with Crippen LogP contribution in [-0.4, -0.2) is 20.6 Å². The number of halogens is 1. The van der Waals surface area contributed by atoms with E-state index >= 15 is 0 Å². The zero-order chi connectivity index (χ0) is 9.10. The molecule has 0 aliphatic heterocycles. The molecule has 0 radical (unpaired) electrons. The molecule has 0 saturated carbocycles. The first-order chi connectivity index (χ1) is 6.42. The Morgan fingerprint density at radius 2 is 2.15 bits per heavy atom. The second-order valence-corrected chi connectivity index (χ2v) is 2.56. The van der Waals surface area contributed by atoms with E-state index < -0.39 is 0 Å². The number of hydrogen-bond acceptors (Lipinski definition) is 4. The summed E-state index contributed by atoms with van der Waals surface area (Å²) in [6, 6.07) is 7.44. The minimum Gasteiger partial charge on any atom is -0.298 e. The van der Waals surface area contributed by atoms with Gasteiger partial charge in [0, 0.05) is 17.3 Å². The lowest BCUT2D eigenvalue weighted by atomic mass is 10.2. The van der Waals surface area contributed by atoms with Crippen LogP contribution in [0.25, 0.3) is 11.4 Å². The Labute approximate surface area is 79.2 Å². The second kappa shape index (κ2) is 3.40. The third-order valence-electron chi connectivity index (χ3n) is 1.62. The molecule has 0 bridgehead atoms. The Morgan fingerprint density at radius 3 is 2.85 bits per heavy atom. The minimum absolute atomic E-state index is 0.517. The van der Waals surface area contributed by atoms with Crippen LogP contribution in [0.15, 0.2) is 24.3 Å². The summed E-state index contributed by atoms with van der Waals surface area (Å²) in [5.74, 6) is 0.517. The van der Waals surface area contributed by atoms with Gasteiger partial charge in [0.15, 0.2) is 0 Å². The van der Waals surface area contributed by atoms with Gasteiger partial charge in [-0.2, -0.15) is 5.21 Å². The quantitative estimate of drug-likeness (QED) is 0.712. The number of para-hydroxylation sites is 1. The number of hydrogen-bond donors (Lipinski definition) is 2. The van der Waals surface area contributed by atoms with Crippen LogP contribution in [0.5, 0.6) is 0 Å². The highest BCUT2D eigenvalue weighted by Crippen LogP contribution is 2.23. The molecular formula is C7H6ClN5. The van der Waals surface area contributed by atoms with Gasteiger partial charge in [0.1, 0.15) is 0 Å². The summed E-state index contributed by atoms with van der Waals surface area (Å²) in [4.78, 5) is 2.53. The van der Waals surface area contributed by atoms with E-state index in [4.69, 9.17) is 11.8 Å². The molecular weight excluding hydrogens is 190 g/mol. The van der Waals surface area contributed by atoms with Crippen molar-refractivity contribution in [3.8, 4) is 11.4 Å². The van der Waals surface area contributed by atoms with Crippen molar-refractivity contribution in [1.29, 1.82) is 0 Å². The van der Waals surface area contributed by atoms with E-state index in [2.05, 4.69) is 25.5 Å². The summed E-state index contributed by atoms with van der Waals surface area (Å²) in [6.45, 7) is 0. The lowest BCUT2D eigenvalue weighted by molar-refractivity contribution is 0.881. The summed E-state index contributed by atoms with van der Waals surface area (Å²) >= 11 is 5.51. The predicted octanol–water partition coefficient (Wildman–Crippen LogP) is 1.43. The van der Waals surface area contributed by atoms with Gasteiger partial charge in [-0.15, -0.1) is 10.2 Å². The van der Waals surface area contributed by atoms with Crippen LogP contribution in [0.2, 0.25) is 0 Å². The number of tetrazole rings is 1. The Bertz CT molecular complexity index is 386. The number of nitrogens with zero attached hydrogens (tertiary/aromatic N) is 3. The highest BCUT2D eigenvalue weighted by atomic mass is 35.5. The van der Waals surface area contributed by atoms with Crippen molar-refractivity contribution in [2.45, 2.75) is 0 Å². The van der Waals surface area contributed by atoms with Crippen molar-refractivity contribution in [2.24, 2.45) is 0 Å². The molecule has 6 heteroatoms. The van der Waals surface area contributed by atoms with Crippen molar-refractivity contribution in [1.82, 2.24) is 20.6 Å².